The zero-order valence-electron chi connectivity index (χ0n) is 6.05. The Bertz CT molecular complexity index is 181. The first-order chi connectivity index (χ1) is 4.86. The maximum Gasteiger partial charge on any atom is 0.155 e. The number of ketones is 1. The molecule has 1 heteroatoms. The second kappa shape index (κ2) is 2.22. The van der Waals surface area contributed by atoms with Crippen LogP contribution in [-0.2, 0) is 4.79 Å². The lowest BCUT2D eigenvalue weighted by Gasteiger charge is -2.17. The Morgan fingerprint density at radius 1 is 1.40 bits per heavy atom. The first-order valence-electron chi connectivity index (χ1n) is 4.07. The van der Waals surface area contributed by atoms with Crippen molar-refractivity contribution < 1.29 is 4.79 Å². The Hall–Kier alpha value is -0.590. The molecule has 54 valence electrons. The van der Waals surface area contributed by atoms with E-state index >= 15 is 0 Å². The van der Waals surface area contributed by atoms with Crippen LogP contribution in [0.25, 0.3) is 0 Å². The average molecular weight is 136 g/mol. The summed E-state index contributed by atoms with van der Waals surface area (Å²) < 4.78 is 0. The molecule has 1 saturated carbocycles. The fourth-order valence-electron chi connectivity index (χ4n) is 2.13. The summed E-state index contributed by atoms with van der Waals surface area (Å²) in [5.74, 6) is 1.79. The van der Waals surface area contributed by atoms with E-state index in [1.807, 2.05) is 0 Å². The van der Waals surface area contributed by atoms with E-state index < -0.39 is 0 Å². The standard InChI is InChI=1S/C9H12O/c10-9-5-4-7-2-1-3-8(7)6-9/h4-5,7-8H,1-3,6H2/t7-,8-/m1/s1. The maximum absolute atomic E-state index is 10.9. The molecule has 10 heavy (non-hydrogen) atoms. The van der Waals surface area contributed by atoms with Crippen LogP contribution in [0.5, 0.6) is 0 Å². The summed E-state index contributed by atoms with van der Waals surface area (Å²) in [5.41, 5.74) is 0. The van der Waals surface area contributed by atoms with Crippen LogP contribution in [0.15, 0.2) is 12.2 Å². The van der Waals surface area contributed by atoms with Crippen LogP contribution in [0.3, 0.4) is 0 Å². The highest BCUT2D eigenvalue weighted by Gasteiger charge is 2.29. The number of carbonyl (C=O) groups excluding carboxylic acids is 1. The second-order valence-corrected chi connectivity index (χ2v) is 3.38. The molecule has 0 N–H and O–H groups in total. The Morgan fingerprint density at radius 2 is 2.30 bits per heavy atom. The zero-order valence-corrected chi connectivity index (χ0v) is 6.05. The lowest BCUT2D eigenvalue weighted by molar-refractivity contribution is -0.116. The molecule has 2 rings (SSSR count). The van der Waals surface area contributed by atoms with Gasteiger partial charge in [0.05, 0.1) is 0 Å². The van der Waals surface area contributed by atoms with Crippen molar-refractivity contribution in [2.45, 2.75) is 25.7 Å². The molecule has 0 radical (unpaired) electrons. The van der Waals surface area contributed by atoms with Crippen LogP contribution < -0.4 is 0 Å². The van der Waals surface area contributed by atoms with Gasteiger partial charge in [-0.25, -0.2) is 0 Å². The first-order valence-corrected chi connectivity index (χ1v) is 4.07. The number of allylic oxidation sites excluding steroid dienone is 2. The molecule has 2 aliphatic carbocycles. The highest BCUT2D eigenvalue weighted by Crippen LogP contribution is 2.37. The normalized spacial score (nSPS) is 38.2. The molecule has 2 atom stereocenters. The molecule has 0 spiro atoms. The van der Waals surface area contributed by atoms with Crippen LogP contribution >= 0.6 is 0 Å². The van der Waals surface area contributed by atoms with Gasteiger partial charge in [-0.1, -0.05) is 12.5 Å². The van der Waals surface area contributed by atoms with Gasteiger partial charge in [0.15, 0.2) is 5.78 Å². The molecule has 0 aromatic rings. The van der Waals surface area contributed by atoms with Crippen molar-refractivity contribution in [2.24, 2.45) is 11.8 Å². The Labute approximate surface area is 61.1 Å². The summed E-state index contributed by atoms with van der Waals surface area (Å²) in [6, 6.07) is 0. The van der Waals surface area contributed by atoms with Crippen molar-refractivity contribution in [3.63, 3.8) is 0 Å². The van der Waals surface area contributed by atoms with Gasteiger partial charge in [-0.05, 0) is 30.8 Å². The van der Waals surface area contributed by atoms with Crippen LogP contribution in [0, 0.1) is 11.8 Å². The van der Waals surface area contributed by atoms with E-state index in [4.69, 9.17) is 0 Å². The number of hydrogen-bond acceptors (Lipinski definition) is 1. The minimum absolute atomic E-state index is 0.336. The molecule has 1 fully saturated rings. The third kappa shape index (κ3) is 0.898. The van der Waals surface area contributed by atoms with Gasteiger partial charge in [-0.2, -0.15) is 0 Å². The molecule has 0 saturated heterocycles. The number of rotatable bonds is 0. The molecule has 0 aromatic carbocycles. The van der Waals surface area contributed by atoms with E-state index in [9.17, 15) is 4.79 Å². The van der Waals surface area contributed by atoms with E-state index in [0.29, 0.717) is 11.7 Å². The van der Waals surface area contributed by atoms with E-state index in [-0.39, 0.29) is 0 Å². The monoisotopic (exact) mass is 136 g/mol. The Balaban J connectivity index is 2.16. The minimum Gasteiger partial charge on any atom is -0.295 e. The molecule has 0 bridgehead atoms. The second-order valence-electron chi connectivity index (χ2n) is 3.38. The summed E-state index contributed by atoms with van der Waals surface area (Å²) in [6.07, 6.45) is 8.62. The summed E-state index contributed by atoms with van der Waals surface area (Å²) in [4.78, 5) is 10.9. The number of fused-ring (bicyclic) bond motifs is 1. The van der Waals surface area contributed by atoms with Crippen molar-refractivity contribution in [2.75, 3.05) is 0 Å². The van der Waals surface area contributed by atoms with Crippen LogP contribution in [-0.4, -0.2) is 5.78 Å². The molecular formula is C9H12O. The summed E-state index contributed by atoms with van der Waals surface area (Å²) in [5, 5.41) is 0. The Kier molecular flexibility index (Phi) is 1.37. The van der Waals surface area contributed by atoms with E-state index in [2.05, 4.69) is 6.08 Å². The summed E-state index contributed by atoms with van der Waals surface area (Å²) >= 11 is 0. The highest BCUT2D eigenvalue weighted by atomic mass is 16.1. The van der Waals surface area contributed by atoms with Gasteiger partial charge in [0.25, 0.3) is 0 Å². The largest absolute Gasteiger partial charge is 0.295 e. The smallest absolute Gasteiger partial charge is 0.155 e. The van der Waals surface area contributed by atoms with Crippen molar-refractivity contribution in [3.05, 3.63) is 12.2 Å². The van der Waals surface area contributed by atoms with Crippen LogP contribution in [0.1, 0.15) is 25.7 Å². The predicted octanol–water partition coefficient (Wildman–Crippen LogP) is 1.93. The van der Waals surface area contributed by atoms with Gasteiger partial charge in [0.2, 0.25) is 0 Å². The lowest BCUT2D eigenvalue weighted by Crippen LogP contribution is -2.14. The van der Waals surface area contributed by atoms with Gasteiger partial charge >= 0.3 is 0 Å². The minimum atomic E-state index is 0.336. The lowest BCUT2D eigenvalue weighted by atomic mass is 9.86. The van der Waals surface area contributed by atoms with Gasteiger partial charge in [0, 0.05) is 6.42 Å². The first kappa shape index (κ1) is 6.14. The van der Waals surface area contributed by atoms with Crippen molar-refractivity contribution in [1.82, 2.24) is 0 Å². The number of hydrogen-bond donors (Lipinski definition) is 0. The zero-order chi connectivity index (χ0) is 6.97. The van der Waals surface area contributed by atoms with E-state index in [1.165, 1.54) is 19.3 Å². The van der Waals surface area contributed by atoms with Crippen LogP contribution in [0.4, 0.5) is 0 Å². The molecule has 0 amide bonds. The molecule has 0 unspecified atom stereocenters. The van der Waals surface area contributed by atoms with E-state index in [0.717, 1.165) is 12.3 Å². The molecule has 0 heterocycles. The van der Waals surface area contributed by atoms with Crippen LogP contribution in [0.2, 0.25) is 0 Å². The average Bonchev–Trinajstić information content (AvgIpc) is 2.33. The molecule has 0 aromatic heterocycles. The van der Waals surface area contributed by atoms with Gasteiger partial charge in [0.1, 0.15) is 0 Å². The van der Waals surface area contributed by atoms with Gasteiger partial charge in [-0.3, -0.25) is 4.79 Å². The van der Waals surface area contributed by atoms with Crippen molar-refractivity contribution >= 4 is 5.78 Å². The Morgan fingerprint density at radius 3 is 3.20 bits per heavy atom. The van der Waals surface area contributed by atoms with Crippen molar-refractivity contribution in [3.8, 4) is 0 Å². The topological polar surface area (TPSA) is 17.1 Å². The van der Waals surface area contributed by atoms with Gasteiger partial charge < -0.3 is 0 Å². The fraction of sp³-hybridized carbons (Fsp3) is 0.667. The third-order valence-corrected chi connectivity index (χ3v) is 2.71. The molecular weight excluding hydrogens is 124 g/mol. The fourth-order valence-corrected chi connectivity index (χ4v) is 2.13. The highest BCUT2D eigenvalue weighted by molar-refractivity contribution is 5.90. The third-order valence-electron chi connectivity index (χ3n) is 2.71. The quantitative estimate of drug-likeness (QED) is 0.497. The maximum atomic E-state index is 10.9. The molecule has 1 nitrogen and oxygen atoms in total. The summed E-state index contributed by atoms with van der Waals surface area (Å²) in [6.45, 7) is 0. The van der Waals surface area contributed by atoms with Gasteiger partial charge in [-0.15, -0.1) is 0 Å². The van der Waals surface area contributed by atoms with E-state index in [1.54, 1.807) is 6.08 Å². The predicted molar refractivity (Wildman–Crippen MR) is 39.6 cm³/mol. The number of carbonyl (C=O) groups is 1. The summed E-state index contributed by atoms with van der Waals surface area (Å²) in [7, 11) is 0. The SMILES string of the molecule is O=C1C=C[C@H]2CCC[C@@H]2C1. The molecule has 0 aliphatic heterocycles. The molecule has 2 aliphatic rings. The van der Waals surface area contributed by atoms with Crippen molar-refractivity contribution in [1.29, 1.82) is 0 Å².